The maximum absolute atomic E-state index is 5.88. The lowest BCUT2D eigenvalue weighted by Gasteiger charge is -2.21. The Morgan fingerprint density at radius 3 is 3.09 bits per heavy atom. The van der Waals surface area contributed by atoms with Crippen LogP contribution in [0.1, 0.15) is 6.92 Å². The first-order valence-corrected chi connectivity index (χ1v) is 3.73. The second-order valence-electron chi connectivity index (χ2n) is 2.86. The third-order valence-electron chi connectivity index (χ3n) is 2.09. The van der Waals surface area contributed by atoms with Gasteiger partial charge in [-0.25, -0.2) is 0 Å². The minimum absolute atomic E-state index is 0.0659. The maximum Gasteiger partial charge on any atom is 0.0907 e. The van der Waals surface area contributed by atoms with E-state index in [4.69, 9.17) is 5.73 Å². The van der Waals surface area contributed by atoms with Crippen LogP contribution < -0.4 is 5.73 Å². The number of allylic oxidation sites excluding steroid dienone is 2. The molecule has 11 heavy (non-hydrogen) atoms. The van der Waals surface area contributed by atoms with Crippen molar-refractivity contribution in [1.82, 2.24) is 5.01 Å². The van der Waals surface area contributed by atoms with Crippen LogP contribution in [0.15, 0.2) is 29.5 Å². The highest BCUT2D eigenvalue weighted by Gasteiger charge is 2.29. The second-order valence-corrected chi connectivity index (χ2v) is 2.86. The normalized spacial score (nSPS) is 34.0. The van der Waals surface area contributed by atoms with Gasteiger partial charge in [-0.1, -0.05) is 12.2 Å². The summed E-state index contributed by atoms with van der Waals surface area (Å²) in [6, 6.07) is 0.316. The first-order valence-electron chi connectivity index (χ1n) is 3.73. The van der Waals surface area contributed by atoms with E-state index in [9.17, 15) is 0 Å². The molecule has 2 unspecified atom stereocenters. The fraction of sp³-hybridized carbons (Fsp3) is 0.375. The fourth-order valence-electron chi connectivity index (χ4n) is 1.38. The molecule has 2 atom stereocenters. The maximum atomic E-state index is 5.88. The van der Waals surface area contributed by atoms with Crippen molar-refractivity contribution < 1.29 is 0 Å². The predicted molar refractivity (Wildman–Crippen MR) is 45.0 cm³/mol. The van der Waals surface area contributed by atoms with Crippen LogP contribution in [0.5, 0.6) is 0 Å². The summed E-state index contributed by atoms with van der Waals surface area (Å²) in [6.45, 7) is 1.96. The topological polar surface area (TPSA) is 41.6 Å². The van der Waals surface area contributed by atoms with Crippen molar-refractivity contribution >= 4 is 5.71 Å². The van der Waals surface area contributed by atoms with Crippen LogP contribution in [0, 0.1) is 0 Å². The molecule has 0 aromatic carbocycles. The highest BCUT2D eigenvalue weighted by Crippen LogP contribution is 2.18. The van der Waals surface area contributed by atoms with Gasteiger partial charge in [-0.2, -0.15) is 5.10 Å². The molecule has 2 N–H and O–H groups in total. The summed E-state index contributed by atoms with van der Waals surface area (Å²) in [5.41, 5.74) is 6.88. The number of nitrogens with two attached hydrogens (primary N) is 1. The van der Waals surface area contributed by atoms with Gasteiger partial charge >= 0.3 is 0 Å². The lowest BCUT2D eigenvalue weighted by atomic mass is 10.1. The molecule has 0 spiro atoms. The van der Waals surface area contributed by atoms with Gasteiger partial charge in [0.15, 0.2) is 0 Å². The van der Waals surface area contributed by atoms with E-state index in [2.05, 4.69) is 11.2 Å². The van der Waals surface area contributed by atoms with Crippen LogP contribution in [0.2, 0.25) is 0 Å². The summed E-state index contributed by atoms with van der Waals surface area (Å²) in [4.78, 5) is 0. The lowest BCUT2D eigenvalue weighted by molar-refractivity contribution is 0.352. The second kappa shape index (κ2) is 2.20. The van der Waals surface area contributed by atoms with Crippen molar-refractivity contribution in [2.75, 3.05) is 0 Å². The van der Waals surface area contributed by atoms with E-state index in [-0.39, 0.29) is 12.1 Å². The highest BCUT2D eigenvalue weighted by molar-refractivity contribution is 5.89. The van der Waals surface area contributed by atoms with E-state index < -0.39 is 0 Å². The van der Waals surface area contributed by atoms with Gasteiger partial charge in [0, 0.05) is 6.20 Å². The first-order chi connectivity index (χ1) is 5.29. The Kier molecular flexibility index (Phi) is 1.32. The van der Waals surface area contributed by atoms with Crippen molar-refractivity contribution in [1.29, 1.82) is 0 Å². The van der Waals surface area contributed by atoms with Crippen molar-refractivity contribution in [3.63, 3.8) is 0 Å². The molecule has 3 nitrogen and oxygen atoms in total. The number of hydrogen-bond acceptors (Lipinski definition) is 3. The van der Waals surface area contributed by atoms with Gasteiger partial charge in [0.1, 0.15) is 0 Å². The number of fused-ring (bicyclic) bond motifs is 1. The highest BCUT2D eigenvalue weighted by atomic mass is 15.5. The number of rotatable bonds is 0. The first kappa shape index (κ1) is 6.61. The van der Waals surface area contributed by atoms with E-state index in [1.807, 2.05) is 30.3 Å². The molecule has 2 aliphatic heterocycles. The van der Waals surface area contributed by atoms with Crippen LogP contribution in [0.4, 0.5) is 0 Å². The minimum Gasteiger partial charge on any atom is -0.321 e. The van der Waals surface area contributed by atoms with Gasteiger partial charge in [-0.15, -0.1) is 0 Å². The zero-order valence-electron chi connectivity index (χ0n) is 6.44. The minimum atomic E-state index is 0.0659. The van der Waals surface area contributed by atoms with Gasteiger partial charge in [-0.3, -0.25) is 5.01 Å². The third kappa shape index (κ3) is 0.886. The van der Waals surface area contributed by atoms with E-state index >= 15 is 0 Å². The summed E-state index contributed by atoms with van der Waals surface area (Å²) in [6.07, 6.45) is 7.99. The Morgan fingerprint density at radius 2 is 2.36 bits per heavy atom. The quantitative estimate of drug-likeness (QED) is 0.543. The molecule has 0 saturated heterocycles. The molecule has 0 bridgehead atoms. The van der Waals surface area contributed by atoms with Crippen LogP contribution in [0.3, 0.4) is 0 Å². The third-order valence-corrected chi connectivity index (χ3v) is 2.09. The van der Waals surface area contributed by atoms with Crippen molar-refractivity contribution in [3.05, 3.63) is 24.4 Å². The van der Waals surface area contributed by atoms with Gasteiger partial charge in [0.05, 0.1) is 17.8 Å². The van der Waals surface area contributed by atoms with Crippen LogP contribution in [-0.4, -0.2) is 22.8 Å². The van der Waals surface area contributed by atoms with Crippen LogP contribution >= 0.6 is 0 Å². The Hall–Kier alpha value is -1.09. The molecule has 0 aromatic heterocycles. The van der Waals surface area contributed by atoms with E-state index in [0.717, 1.165) is 5.71 Å². The van der Waals surface area contributed by atoms with Crippen molar-refractivity contribution in [3.8, 4) is 0 Å². The number of hydrazone groups is 1. The molecule has 2 heterocycles. The van der Waals surface area contributed by atoms with E-state index in [0.29, 0.717) is 0 Å². The molecule has 0 amide bonds. The van der Waals surface area contributed by atoms with Gasteiger partial charge in [0.2, 0.25) is 0 Å². The fourth-order valence-corrected chi connectivity index (χ4v) is 1.38. The monoisotopic (exact) mass is 149 g/mol. The average Bonchev–Trinajstić information content (AvgIpc) is 2.30. The summed E-state index contributed by atoms with van der Waals surface area (Å²) >= 11 is 0. The van der Waals surface area contributed by atoms with Gasteiger partial charge in [0.25, 0.3) is 0 Å². The largest absolute Gasteiger partial charge is 0.321 e. The molecule has 0 aromatic rings. The number of hydrogen-bond donors (Lipinski definition) is 1. The molecule has 3 heteroatoms. The van der Waals surface area contributed by atoms with Crippen molar-refractivity contribution in [2.45, 2.75) is 19.0 Å². The van der Waals surface area contributed by atoms with Crippen molar-refractivity contribution in [2.24, 2.45) is 10.8 Å². The predicted octanol–water partition coefficient (Wildman–Crippen LogP) is 0.457. The molecule has 0 radical (unpaired) electrons. The smallest absolute Gasteiger partial charge is 0.0907 e. The van der Waals surface area contributed by atoms with E-state index in [1.54, 1.807) is 0 Å². The molecule has 58 valence electrons. The molecular formula is C8H11N3. The molecule has 0 saturated carbocycles. The molecule has 0 fully saturated rings. The average molecular weight is 149 g/mol. The zero-order chi connectivity index (χ0) is 7.84. The molecule has 2 aliphatic rings. The molecule has 0 aliphatic carbocycles. The lowest BCUT2D eigenvalue weighted by Crippen LogP contribution is -2.40. The van der Waals surface area contributed by atoms with Crippen LogP contribution in [0.25, 0.3) is 0 Å². The van der Waals surface area contributed by atoms with Gasteiger partial charge in [-0.05, 0) is 13.0 Å². The Balaban J connectivity index is 2.29. The summed E-state index contributed by atoms with van der Waals surface area (Å²) < 4.78 is 0. The summed E-state index contributed by atoms with van der Waals surface area (Å²) in [5, 5.41) is 6.18. The summed E-state index contributed by atoms with van der Waals surface area (Å²) in [7, 11) is 0. The Morgan fingerprint density at radius 1 is 1.55 bits per heavy atom. The molecule has 2 rings (SSSR count). The van der Waals surface area contributed by atoms with Crippen LogP contribution in [-0.2, 0) is 0 Å². The van der Waals surface area contributed by atoms with E-state index in [1.165, 1.54) is 0 Å². The zero-order valence-corrected chi connectivity index (χ0v) is 6.44. The Labute approximate surface area is 65.9 Å². The Bertz CT molecular complexity index is 252. The SMILES string of the molecule is CC1=NN2C=CC=CC2C1N. The van der Waals surface area contributed by atoms with Gasteiger partial charge < -0.3 is 5.73 Å². The number of nitrogens with zero attached hydrogens (tertiary/aromatic N) is 2. The molecular weight excluding hydrogens is 138 g/mol. The summed E-state index contributed by atoms with van der Waals surface area (Å²) in [5.74, 6) is 0. The standard InChI is InChI=1S/C8H11N3/c1-6-8(9)7-4-2-3-5-11(7)10-6/h2-5,7-8H,9H2,1H3.